The van der Waals surface area contributed by atoms with Gasteiger partial charge in [0.2, 0.25) is 5.91 Å². The predicted molar refractivity (Wildman–Crippen MR) is 77.1 cm³/mol. The largest absolute Gasteiger partial charge is 0.476 e. The maximum atomic E-state index is 12.0. The minimum Gasteiger partial charge on any atom is -0.476 e. The Labute approximate surface area is 122 Å². The lowest BCUT2D eigenvalue weighted by Gasteiger charge is -2.12. The Bertz CT molecular complexity index is 622. The molecule has 1 heterocycles. The SMILES string of the molecule is CC(C(=O)NCCn1cnc(C(=O)O)c1)c1ccccc1. The standard InChI is InChI=1S/C15H17N3O3/c1-11(12-5-3-2-4-6-12)14(19)16-7-8-18-9-13(15(20)21)17-10-18/h2-6,9-11H,7-8H2,1H3,(H,16,19)(H,20,21). The first-order valence-corrected chi connectivity index (χ1v) is 6.65. The van der Waals surface area contributed by atoms with Gasteiger partial charge in [-0.1, -0.05) is 30.3 Å². The first-order valence-electron chi connectivity index (χ1n) is 6.65. The minimum atomic E-state index is -1.06. The molecule has 2 N–H and O–H groups in total. The summed E-state index contributed by atoms with van der Waals surface area (Å²) >= 11 is 0. The van der Waals surface area contributed by atoms with Crippen LogP contribution in [-0.4, -0.2) is 33.1 Å². The molecule has 0 saturated carbocycles. The predicted octanol–water partition coefficient (Wildman–Crippen LogP) is 1.50. The van der Waals surface area contributed by atoms with E-state index >= 15 is 0 Å². The van der Waals surface area contributed by atoms with Crippen LogP contribution in [0, 0.1) is 0 Å². The fraction of sp³-hybridized carbons (Fsp3) is 0.267. The van der Waals surface area contributed by atoms with Gasteiger partial charge in [0.15, 0.2) is 5.69 Å². The number of nitrogens with one attached hydrogen (secondary N) is 1. The summed E-state index contributed by atoms with van der Waals surface area (Å²) in [5.41, 5.74) is 0.963. The molecule has 0 aliphatic carbocycles. The smallest absolute Gasteiger partial charge is 0.356 e. The Morgan fingerprint density at radius 3 is 2.67 bits per heavy atom. The number of benzene rings is 1. The van der Waals surface area contributed by atoms with Gasteiger partial charge in [0, 0.05) is 19.3 Å². The van der Waals surface area contributed by atoms with E-state index in [1.165, 1.54) is 12.5 Å². The third kappa shape index (κ3) is 3.92. The van der Waals surface area contributed by atoms with Crippen molar-refractivity contribution in [2.24, 2.45) is 0 Å². The normalized spacial score (nSPS) is 11.9. The van der Waals surface area contributed by atoms with E-state index in [9.17, 15) is 9.59 Å². The summed E-state index contributed by atoms with van der Waals surface area (Å²) in [5.74, 6) is -1.33. The van der Waals surface area contributed by atoms with Crippen molar-refractivity contribution in [1.29, 1.82) is 0 Å². The van der Waals surface area contributed by atoms with Crippen molar-refractivity contribution >= 4 is 11.9 Å². The Morgan fingerprint density at radius 2 is 2.05 bits per heavy atom. The summed E-state index contributed by atoms with van der Waals surface area (Å²) in [4.78, 5) is 26.5. The van der Waals surface area contributed by atoms with Crippen molar-refractivity contribution in [3.63, 3.8) is 0 Å². The summed E-state index contributed by atoms with van der Waals surface area (Å²) in [6.45, 7) is 2.75. The zero-order chi connectivity index (χ0) is 15.2. The molecule has 1 atom stereocenters. The summed E-state index contributed by atoms with van der Waals surface area (Å²) in [6, 6.07) is 9.54. The van der Waals surface area contributed by atoms with Gasteiger partial charge in [-0.25, -0.2) is 9.78 Å². The van der Waals surface area contributed by atoms with Gasteiger partial charge in [0.25, 0.3) is 0 Å². The number of carbonyl (C=O) groups is 2. The fourth-order valence-electron chi connectivity index (χ4n) is 1.95. The second-order valence-electron chi connectivity index (χ2n) is 4.73. The molecule has 1 unspecified atom stereocenters. The molecule has 21 heavy (non-hydrogen) atoms. The molecule has 6 nitrogen and oxygen atoms in total. The third-order valence-electron chi connectivity index (χ3n) is 3.21. The van der Waals surface area contributed by atoms with Crippen LogP contribution in [0.5, 0.6) is 0 Å². The summed E-state index contributed by atoms with van der Waals surface area (Å²) in [7, 11) is 0. The lowest BCUT2D eigenvalue weighted by atomic mass is 10.0. The van der Waals surface area contributed by atoms with E-state index in [0.717, 1.165) is 5.56 Å². The van der Waals surface area contributed by atoms with Gasteiger partial charge >= 0.3 is 5.97 Å². The summed E-state index contributed by atoms with van der Waals surface area (Å²) in [6.07, 6.45) is 2.88. The molecule has 6 heteroatoms. The second kappa shape index (κ2) is 6.69. The molecule has 1 amide bonds. The second-order valence-corrected chi connectivity index (χ2v) is 4.73. The van der Waals surface area contributed by atoms with Crippen LogP contribution in [0.3, 0.4) is 0 Å². The first kappa shape index (κ1) is 14.8. The third-order valence-corrected chi connectivity index (χ3v) is 3.21. The van der Waals surface area contributed by atoms with Crippen LogP contribution >= 0.6 is 0 Å². The van der Waals surface area contributed by atoms with Crippen molar-refractivity contribution in [2.45, 2.75) is 19.4 Å². The van der Waals surface area contributed by atoms with E-state index in [1.54, 1.807) is 4.57 Å². The van der Waals surface area contributed by atoms with Gasteiger partial charge in [-0.3, -0.25) is 4.79 Å². The maximum absolute atomic E-state index is 12.0. The molecular formula is C15H17N3O3. The van der Waals surface area contributed by atoms with Gasteiger partial charge in [0.05, 0.1) is 12.2 Å². The molecule has 110 valence electrons. The number of amides is 1. The zero-order valence-electron chi connectivity index (χ0n) is 11.7. The van der Waals surface area contributed by atoms with Crippen molar-refractivity contribution in [2.75, 3.05) is 6.54 Å². The molecule has 0 saturated heterocycles. The molecule has 0 fully saturated rings. The van der Waals surface area contributed by atoms with Crippen LogP contribution in [0.4, 0.5) is 0 Å². The van der Waals surface area contributed by atoms with Gasteiger partial charge in [-0.05, 0) is 12.5 Å². The minimum absolute atomic E-state index is 0.000944. The highest BCUT2D eigenvalue weighted by molar-refractivity contribution is 5.85. The van der Waals surface area contributed by atoms with E-state index in [2.05, 4.69) is 10.3 Å². The van der Waals surface area contributed by atoms with Gasteiger partial charge < -0.3 is 15.0 Å². The lowest BCUT2D eigenvalue weighted by Crippen LogP contribution is -2.30. The quantitative estimate of drug-likeness (QED) is 0.843. The molecule has 0 radical (unpaired) electrons. The Morgan fingerprint density at radius 1 is 1.33 bits per heavy atom. The molecule has 1 aromatic carbocycles. The number of hydrogen-bond acceptors (Lipinski definition) is 3. The maximum Gasteiger partial charge on any atom is 0.356 e. The average Bonchev–Trinajstić information content (AvgIpc) is 2.96. The van der Waals surface area contributed by atoms with E-state index in [1.807, 2.05) is 37.3 Å². The Hall–Kier alpha value is -2.63. The number of aromatic carboxylic acids is 1. The number of nitrogens with zero attached hydrogens (tertiary/aromatic N) is 2. The molecule has 2 aromatic rings. The van der Waals surface area contributed by atoms with Crippen LogP contribution in [0.15, 0.2) is 42.9 Å². The summed E-state index contributed by atoms with van der Waals surface area (Å²) < 4.78 is 1.64. The number of carboxylic acid groups (broad SMARTS) is 1. The highest BCUT2D eigenvalue weighted by Crippen LogP contribution is 2.14. The molecule has 0 spiro atoms. The van der Waals surface area contributed by atoms with Gasteiger partial charge in [-0.15, -0.1) is 0 Å². The number of imidazole rings is 1. The van der Waals surface area contributed by atoms with Crippen LogP contribution in [0.2, 0.25) is 0 Å². The molecule has 0 bridgehead atoms. The topological polar surface area (TPSA) is 84.2 Å². The first-order chi connectivity index (χ1) is 10.1. The van der Waals surface area contributed by atoms with E-state index < -0.39 is 5.97 Å². The van der Waals surface area contributed by atoms with Crippen LogP contribution < -0.4 is 5.32 Å². The molecule has 1 aromatic heterocycles. The molecule has 2 rings (SSSR count). The van der Waals surface area contributed by atoms with Crippen molar-refractivity contribution < 1.29 is 14.7 Å². The highest BCUT2D eigenvalue weighted by Gasteiger charge is 2.14. The van der Waals surface area contributed by atoms with Crippen molar-refractivity contribution in [3.05, 3.63) is 54.1 Å². The van der Waals surface area contributed by atoms with Crippen LogP contribution in [0.1, 0.15) is 28.9 Å². The molecular weight excluding hydrogens is 270 g/mol. The van der Waals surface area contributed by atoms with Crippen molar-refractivity contribution in [1.82, 2.24) is 14.9 Å². The monoisotopic (exact) mass is 287 g/mol. The van der Waals surface area contributed by atoms with Gasteiger partial charge in [0.1, 0.15) is 0 Å². The fourth-order valence-corrected chi connectivity index (χ4v) is 1.95. The lowest BCUT2D eigenvalue weighted by molar-refractivity contribution is -0.122. The summed E-state index contributed by atoms with van der Waals surface area (Å²) in [5, 5.41) is 11.6. The number of carboxylic acids is 1. The number of aromatic nitrogens is 2. The molecule has 0 aliphatic rings. The zero-order valence-corrected chi connectivity index (χ0v) is 11.7. The average molecular weight is 287 g/mol. The number of rotatable bonds is 6. The van der Waals surface area contributed by atoms with Crippen LogP contribution in [0.25, 0.3) is 0 Å². The Kier molecular flexibility index (Phi) is 4.71. The number of carbonyl (C=O) groups excluding carboxylic acids is 1. The van der Waals surface area contributed by atoms with E-state index in [-0.39, 0.29) is 17.5 Å². The van der Waals surface area contributed by atoms with E-state index in [0.29, 0.717) is 13.1 Å². The Balaban J connectivity index is 1.82. The van der Waals surface area contributed by atoms with Crippen molar-refractivity contribution in [3.8, 4) is 0 Å². The highest BCUT2D eigenvalue weighted by atomic mass is 16.4. The number of hydrogen-bond donors (Lipinski definition) is 2. The molecule has 0 aliphatic heterocycles. The van der Waals surface area contributed by atoms with E-state index in [4.69, 9.17) is 5.11 Å². The van der Waals surface area contributed by atoms with Gasteiger partial charge in [-0.2, -0.15) is 0 Å². The van der Waals surface area contributed by atoms with Crippen LogP contribution in [-0.2, 0) is 11.3 Å².